The van der Waals surface area contributed by atoms with Gasteiger partial charge in [-0.1, -0.05) is 38.1 Å². The number of carbonyl (C=O) groups excluding carboxylic acids is 2. The van der Waals surface area contributed by atoms with Gasteiger partial charge in [-0.15, -0.1) is 0 Å². The third-order valence-corrected chi connectivity index (χ3v) is 5.60. The molecule has 4 nitrogen and oxygen atoms in total. The van der Waals surface area contributed by atoms with E-state index in [0.717, 1.165) is 17.7 Å². The average Bonchev–Trinajstić information content (AvgIpc) is 3.39. The maximum Gasteiger partial charge on any atom is 0.227 e. The zero-order valence-electron chi connectivity index (χ0n) is 15.7. The van der Waals surface area contributed by atoms with E-state index in [4.69, 9.17) is 0 Å². The first-order chi connectivity index (χ1) is 12.0. The number of hydrogen-bond donors (Lipinski definition) is 0. The summed E-state index contributed by atoms with van der Waals surface area (Å²) in [6.45, 7) is 8.46. The number of carbonyl (C=O) groups is 2. The van der Waals surface area contributed by atoms with Crippen molar-refractivity contribution >= 4 is 11.8 Å². The zero-order chi connectivity index (χ0) is 18.0. The summed E-state index contributed by atoms with van der Waals surface area (Å²) >= 11 is 0. The molecule has 1 saturated heterocycles. The van der Waals surface area contributed by atoms with E-state index in [9.17, 15) is 9.59 Å². The molecule has 1 atom stereocenters. The lowest BCUT2D eigenvalue weighted by atomic mass is 10.0. The normalized spacial score (nSPS) is 21.6. The fourth-order valence-corrected chi connectivity index (χ4v) is 3.67. The van der Waals surface area contributed by atoms with Crippen molar-refractivity contribution in [2.75, 3.05) is 19.6 Å². The Balaban J connectivity index is 1.72. The summed E-state index contributed by atoms with van der Waals surface area (Å²) in [5, 5.41) is 0. The maximum absolute atomic E-state index is 12.9. The molecule has 0 N–H and O–H groups in total. The van der Waals surface area contributed by atoms with Gasteiger partial charge >= 0.3 is 0 Å². The number of nitrogens with zero attached hydrogens (tertiary/aromatic N) is 2. The van der Waals surface area contributed by atoms with Gasteiger partial charge in [-0.3, -0.25) is 9.59 Å². The predicted molar refractivity (Wildman–Crippen MR) is 99.1 cm³/mol. The van der Waals surface area contributed by atoms with Crippen molar-refractivity contribution in [2.24, 2.45) is 11.8 Å². The monoisotopic (exact) mass is 342 g/mol. The Morgan fingerprint density at radius 1 is 1.24 bits per heavy atom. The molecule has 2 fully saturated rings. The highest BCUT2D eigenvalue weighted by Gasteiger charge is 2.36. The standard InChI is InChI=1S/C21H30N2O2/c1-15(2)19-14-22(11-10-20(24)23(19)13-17-8-9-17)21(25)12-18-7-5-4-6-16(18)3/h4-7,15,17,19H,8-14H2,1-3H3/t19-/m1/s1. The van der Waals surface area contributed by atoms with Gasteiger partial charge in [0.25, 0.3) is 0 Å². The summed E-state index contributed by atoms with van der Waals surface area (Å²) in [5.41, 5.74) is 2.23. The molecule has 0 spiro atoms. The van der Waals surface area contributed by atoms with Gasteiger partial charge in [0.05, 0.1) is 12.5 Å². The molecule has 1 saturated carbocycles. The molecule has 4 heteroatoms. The van der Waals surface area contributed by atoms with Crippen molar-refractivity contribution in [3.05, 3.63) is 35.4 Å². The summed E-state index contributed by atoms with van der Waals surface area (Å²) in [6.07, 6.45) is 3.36. The number of benzene rings is 1. The molecule has 0 aromatic heterocycles. The molecule has 0 bridgehead atoms. The lowest BCUT2D eigenvalue weighted by Gasteiger charge is -2.35. The van der Waals surface area contributed by atoms with E-state index in [1.165, 1.54) is 12.8 Å². The summed E-state index contributed by atoms with van der Waals surface area (Å²) < 4.78 is 0. The van der Waals surface area contributed by atoms with Crippen LogP contribution in [0.2, 0.25) is 0 Å². The van der Waals surface area contributed by atoms with Gasteiger partial charge in [0, 0.05) is 26.1 Å². The van der Waals surface area contributed by atoms with Gasteiger partial charge < -0.3 is 9.80 Å². The average molecular weight is 342 g/mol. The van der Waals surface area contributed by atoms with Crippen LogP contribution in [0.3, 0.4) is 0 Å². The summed E-state index contributed by atoms with van der Waals surface area (Å²) in [4.78, 5) is 29.5. The van der Waals surface area contributed by atoms with Gasteiger partial charge in [0.2, 0.25) is 11.8 Å². The molecule has 2 aliphatic rings. The molecule has 0 unspecified atom stereocenters. The van der Waals surface area contributed by atoms with Gasteiger partial charge in [0.15, 0.2) is 0 Å². The number of aryl methyl sites for hydroxylation is 1. The van der Waals surface area contributed by atoms with Crippen LogP contribution in [0, 0.1) is 18.8 Å². The van der Waals surface area contributed by atoms with Gasteiger partial charge in [-0.25, -0.2) is 0 Å². The van der Waals surface area contributed by atoms with Gasteiger partial charge in [-0.05, 0) is 42.7 Å². The highest BCUT2D eigenvalue weighted by Crippen LogP contribution is 2.32. The Bertz CT molecular complexity index is 637. The molecular weight excluding hydrogens is 312 g/mol. The summed E-state index contributed by atoms with van der Waals surface area (Å²) in [6, 6.07) is 8.18. The summed E-state index contributed by atoms with van der Waals surface area (Å²) in [5.74, 6) is 1.40. The molecule has 1 heterocycles. The van der Waals surface area contributed by atoms with E-state index < -0.39 is 0 Å². The Morgan fingerprint density at radius 2 is 1.96 bits per heavy atom. The van der Waals surface area contributed by atoms with Crippen LogP contribution in [0.1, 0.15) is 44.2 Å². The Hall–Kier alpha value is -1.84. The quantitative estimate of drug-likeness (QED) is 0.825. The topological polar surface area (TPSA) is 40.6 Å². The second-order valence-corrected chi connectivity index (χ2v) is 7.99. The number of hydrogen-bond acceptors (Lipinski definition) is 2. The second kappa shape index (κ2) is 7.59. The van der Waals surface area contributed by atoms with Crippen molar-refractivity contribution in [3.63, 3.8) is 0 Å². The molecule has 1 aromatic carbocycles. The SMILES string of the molecule is Cc1ccccc1CC(=O)N1CCC(=O)N(CC2CC2)[C@@H](C(C)C)C1. The van der Waals surface area contributed by atoms with E-state index in [0.29, 0.717) is 37.8 Å². The molecule has 1 aromatic rings. The lowest BCUT2D eigenvalue weighted by Crippen LogP contribution is -2.48. The van der Waals surface area contributed by atoms with Gasteiger partial charge in [-0.2, -0.15) is 0 Å². The van der Waals surface area contributed by atoms with E-state index in [-0.39, 0.29) is 17.9 Å². The van der Waals surface area contributed by atoms with E-state index in [1.54, 1.807) is 0 Å². The lowest BCUT2D eigenvalue weighted by molar-refractivity contribution is -0.134. The molecular formula is C21H30N2O2. The van der Waals surface area contributed by atoms with Crippen LogP contribution >= 0.6 is 0 Å². The van der Waals surface area contributed by atoms with Crippen molar-refractivity contribution in [2.45, 2.75) is 52.5 Å². The highest BCUT2D eigenvalue weighted by atomic mass is 16.2. The molecule has 1 aliphatic heterocycles. The third kappa shape index (κ3) is 4.42. The molecule has 0 radical (unpaired) electrons. The minimum absolute atomic E-state index is 0.136. The Morgan fingerprint density at radius 3 is 2.60 bits per heavy atom. The second-order valence-electron chi connectivity index (χ2n) is 7.99. The smallest absolute Gasteiger partial charge is 0.227 e. The van der Waals surface area contributed by atoms with Crippen molar-refractivity contribution < 1.29 is 9.59 Å². The minimum atomic E-state index is 0.136. The fraction of sp³-hybridized carbons (Fsp3) is 0.619. The molecule has 136 valence electrons. The first-order valence-electron chi connectivity index (χ1n) is 9.57. The van der Waals surface area contributed by atoms with E-state index in [1.807, 2.05) is 36.1 Å². The number of amides is 2. The van der Waals surface area contributed by atoms with Crippen molar-refractivity contribution in [1.29, 1.82) is 0 Å². The van der Waals surface area contributed by atoms with E-state index >= 15 is 0 Å². The zero-order valence-corrected chi connectivity index (χ0v) is 15.7. The van der Waals surface area contributed by atoms with Gasteiger partial charge in [0.1, 0.15) is 0 Å². The van der Waals surface area contributed by atoms with Crippen molar-refractivity contribution in [3.8, 4) is 0 Å². The molecule has 1 aliphatic carbocycles. The first-order valence-corrected chi connectivity index (χ1v) is 9.57. The maximum atomic E-state index is 12.9. The third-order valence-electron chi connectivity index (χ3n) is 5.60. The largest absolute Gasteiger partial charge is 0.340 e. The Kier molecular flexibility index (Phi) is 5.45. The summed E-state index contributed by atoms with van der Waals surface area (Å²) in [7, 11) is 0. The molecule has 3 rings (SSSR count). The van der Waals surface area contributed by atoms with Crippen LogP contribution in [0.15, 0.2) is 24.3 Å². The van der Waals surface area contributed by atoms with Crippen LogP contribution in [-0.4, -0.2) is 47.3 Å². The van der Waals surface area contributed by atoms with Crippen LogP contribution in [0.5, 0.6) is 0 Å². The van der Waals surface area contributed by atoms with Crippen LogP contribution < -0.4 is 0 Å². The number of rotatable bonds is 5. The molecule has 2 amide bonds. The molecule has 25 heavy (non-hydrogen) atoms. The van der Waals surface area contributed by atoms with Crippen LogP contribution in [0.25, 0.3) is 0 Å². The fourth-order valence-electron chi connectivity index (χ4n) is 3.67. The highest BCUT2D eigenvalue weighted by molar-refractivity contribution is 5.82. The predicted octanol–water partition coefficient (Wildman–Crippen LogP) is 3.03. The Labute approximate surface area is 151 Å². The minimum Gasteiger partial charge on any atom is -0.340 e. The van der Waals surface area contributed by atoms with Crippen LogP contribution in [-0.2, 0) is 16.0 Å². The first kappa shape index (κ1) is 18.0. The van der Waals surface area contributed by atoms with Crippen molar-refractivity contribution in [1.82, 2.24) is 9.80 Å². The van der Waals surface area contributed by atoms with E-state index in [2.05, 4.69) is 18.7 Å². The van der Waals surface area contributed by atoms with Crippen LogP contribution in [0.4, 0.5) is 0 Å².